The molecule has 2 aromatic rings. The average molecular weight is 344 g/mol. The lowest BCUT2D eigenvalue weighted by molar-refractivity contribution is -0.114. The standard InChI is InChI=1S/C19H20O6/c20-14(4-1-12-2-7-16(22)18(24)10-12)5-6-15(21)9-13-3-8-17(23)19(25)11-13/h2-3,5-8,10-11,15,21-25H,1,4,9H2. The number of carbonyl (C=O) groups excluding carboxylic acids is 1. The van der Waals surface area contributed by atoms with Gasteiger partial charge in [-0.05, 0) is 47.9 Å². The Morgan fingerprint density at radius 2 is 1.44 bits per heavy atom. The summed E-state index contributed by atoms with van der Waals surface area (Å²) >= 11 is 0. The minimum absolute atomic E-state index is 0.180. The summed E-state index contributed by atoms with van der Waals surface area (Å²) in [7, 11) is 0. The van der Waals surface area contributed by atoms with Crippen LogP contribution in [-0.2, 0) is 17.6 Å². The third-order valence-corrected chi connectivity index (χ3v) is 3.69. The number of aromatic hydroxyl groups is 4. The van der Waals surface area contributed by atoms with Gasteiger partial charge in [-0.25, -0.2) is 0 Å². The Morgan fingerprint density at radius 3 is 2.04 bits per heavy atom. The van der Waals surface area contributed by atoms with Gasteiger partial charge in [-0.1, -0.05) is 18.2 Å². The smallest absolute Gasteiger partial charge is 0.157 e. The van der Waals surface area contributed by atoms with Crippen molar-refractivity contribution in [2.24, 2.45) is 0 Å². The number of phenolic OH excluding ortho intramolecular Hbond substituents is 4. The Balaban J connectivity index is 1.84. The normalized spacial score (nSPS) is 12.4. The summed E-state index contributed by atoms with van der Waals surface area (Å²) in [4.78, 5) is 11.8. The van der Waals surface area contributed by atoms with E-state index in [1.807, 2.05) is 0 Å². The van der Waals surface area contributed by atoms with E-state index in [1.54, 1.807) is 12.1 Å². The molecule has 0 saturated heterocycles. The molecule has 6 heteroatoms. The summed E-state index contributed by atoms with van der Waals surface area (Å²) in [6.45, 7) is 0. The molecule has 6 nitrogen and oxygen atoms in total. The fourth-order valence-electron chi connectivity index (χ4n) is 2.30. The molecule has 0 aliphatic carbocycles. The molecule has 25 heavy (non-hydrogen) atoms. The van der Waals surface area contributed by atoms with Crippen LogP contribution in [-0.4, -0.2) is 37.4 Å². The number of phenols is 4. The van der Waals surface area contributed by atoms with Crippen molar-refractivity contribution in [2.45, 2.75) is 25.4 Å². The van der Waals surface area contributed by atoms with Gasteiger partial charge < -0.3 is 25.5 Å². The Hall–Kier alpha value is -2.99. The Bertz CT molecular complexity index is 781. The third kappa shape index (κ3) is 5.54. The number of benzene rings is 2. The lowest BCUT2D eigenvalue weighted by Gasteiger charge is -2.07. The molecule has 0 radical (unpaired) electrons. The molecule has 0 aromatic heterocycles. The first kappa shape index (κ1) is 18.4. The highest BCUT2D eigenvalue weighted by atomic mass is 16.3. The predicted octanol–water partition coefficient (Wildman–Crippen LogP) is 2.17. The zero-order chi connectivity index (χ0) is 18.4. The van der Waals surface area contributed by atoms with Crippen LogP contribution >= 0.6 is 0 Å². The SMILES string of the molecule is O=C(C=CC(O)Cc1ccc(O)c(O)c1)CCc1ccc(O)c(O)c1. The van der Waals surface area contributed by atoms with E-state index in [1.165, 1.54) is 36.4 Å². The molecule has 0 aliphatic rings. The zero-order valence-electron chi connectivity index (χ0n) is 13.5. The molecule has 0 amide bonds. The van der Waals surface area contributed by atoms with Crippen LogP contribution < -0.4 is 0 Å². The van der Waals surface area contributed by atoms with Crippen molar-refractivity contribution in [2.75, 3.05) is 0 Å². The highest BCUT2D eigenvalue weighted by molar-refractivity contribution is 5.89. The highest BCUT2D eigenvalue weighted by Crippen LogP contribution is 2.26. The summed E-state index contributed by atoms with van der Waals surface area (Å²) in [6, 6.07) is 8.65. The molecular formula is C19H20O6. The van der Waals surface area contributed by atoms with E-state index in [0.29, 0.717) is 12.0 Å². The first-order chi connectivity index (χ1) is 11.8. The maximum absolute atomic E-state index is 11.8. The number of ketones is 1. The Labute approximate surface area is 144 Å². The summed E-state index contributed by atoms with van der Waals surface area (Å²) in [5.74, 6) is -1.11. The second-order valence-corrected chi connectivity index (χ2v) is 5.74. The van der Waals surface area contributed by atoms with Gasteiger partial charge in [-0.15, -0.1) is 0 Å². The lowest BCUT2D eigenvalue weighted by Crippen LogP contribution is -2.08. The predicted molar refractivity (Wildman–Crippen MR) is 91.7 cm³/mol. The highest BCUT2D eigenvalue weighted by Gasteiger charge is 2.07. The van der Waals surface area contributed by atoms with Gasteiger partial charge in [-0.2, -0.15) is 0 Å². The van der Waals surface area contributed by atoms with E-state index in [-0.39, 0.29) is 41.6 Å². The van der Waals surface area contributed by atoms with Crippen LogP contribution in [0.5, 0.6) is 23.0 Å². The van der Waals surface area contributed by atoms with Crippen molar-refractivity contribution in [1.29, 1.82) is 0 Å². The van der Waals surface area contributed by atoms with Gasteiger partial charge in [0.1, 0.15) is 0 Å². The molecule has 5 N–H and O–H groups in total. The first-order valence-electron chi connectivity index (χ1n) is 7.76. The van der Waals surface area contributed by atoms with Crippen molar-refractivity contribution in [3.05, 3.63) is 59.7 Å². The van der Waals surface area contributed by atoms with Gasteiger partial charge in [0.25, 0.3) is 0 Å². The summed E-state index contributed by atoms with van der Waals surface area (Å²) in [5.41, 5.74) is 1.34. The summed E-state index contributed by atoms with van der Waals surface area (Å²) in [5, 5.41) is 47.2. The monoisotopic (exact) mass is 344 g/mol. The Morgan fingerprint density at radius 1 is 0.880 bits per heavy atom. The molecule has 1 unspecified atom stereocenters. The van der Waals surface area contributed by atoms with E-state index in [2.05, 4.69) is 0 Å². The maximum Gasteiger partial charge on any atom is 0.157 e. The van der Waals surface area contributed by atoms with Crippen LogP contribution in [0.1, 0.15) is 17.5 Å². The van der Waals surface area contributed by atoms with Gasteiger partial charge in [0.2, 0.25) is 0 Å². The van der Waals surface area contributed by atoms with E-state index in [4.69, 9.17) is 0 Å². The molecule has 0 saturated carbocycles. The summed E-state index contributed by atoms with van der Waals surface area (Å²) in [6.07, 6.45) is 2.58. The van der Waals surface area contributed by atoms with Crippen LogP contribution in [0.4, 0.5) is 0 Å². The van der Waals surface area contributed by atoms with Gasteiger partial charge in [0.05, 0.1) is 6.10 Å². The van der Waals surface area contributed by atoms with Crippen molar-refractivity contribution in [3.63, 3.8) is 0 Å². The molecular weight excluding hydrogens is 324 g/mol. The van der Waals surface area contributed by atoms with Crippen molar-refractivity contribution >= 4 is 5.78 Å². The van der Waals surface area contributed by atoms with E-state index in [0.717, 1.165) is 5.56 Å². The molecule has 0 bridgehead atoms. The zero-order valence-corrected chi connectivity index (χ0v) is 13.5. The number of aliphatic hydroxyl groups is 1. The maximum atomic E-state index is 11.8. The second kappa shape index (κ2) is 8.21. The van der Waals surface area contributed by atoms with Crippen molar-refractivity contribution < 1.29 is 30.3 Å². The van der Waals surface area contributed by atoms with Crippen LogP contribution in [0.2, 0.25) is 0 Å². The van der Waals surface area contributed by atoms with Gasteiger partial charge in [0.15, 0.2) is 28.8 Å². The number of hydrogen-bond donors (Lipinski definition) is 5. The van der Waals surface area contributed by atoms with Gasteiger partial charge in [-0.3, -0.25) is 4.79 Å². The number of carbonyl (C=O) groups is 1. The number of aliphatic hydroxyl groups excluding tert-OH is 1. The minimum atomic E-state index is -0.898. The van der Waals surface area contributed by atoms with Crippen molar-refractivity contribution in [1.82, 2.24) is 0 Å². The quantitative estimate of drug-likeness (QED) is 0.388. The third-order valence-electron chi connectivity index (χ3n) is 3.69. The number of allylic oxidation sites excluding steroid dienone is 1. The number of hydrogen-bond acceptors (Lipinski definition) is 6. The van der Waals surface area contributed by atoms with Crippen LogP contribution in [0, 0.1) is 0 Å². The minimum Gasteiger partial charge on any atom is -0.504 e. The molecule has 0 spiro atoms. The summed E-state index contributed by atoms with van der Waals surface area (Å²) < 4.78 is 0. The molecule has 0 heterocycles. The first-order valence-corrected chi connectivity index (χ1v) is 7.76. The van der Waals surface area contributed by atoms with Crippen LogP contribution in [0.25, 0.3) is 0 Å². The second-order valence-electron chi connectivity index (χ2n) is 5.74. The molecule has 0 aliphatic heterocycles. The molecule has 2 aromatic carbocycles. The van der Waals surface area contributed by atoms with E-state index >= 15 is 0 Å². The van der Waals surface area contributed by atoms with Crippen LogP contribution in [0.3, 0.4) is 0 Å². The molecule has 2 rings (SSSR count). The Kier molecular flexibility index (Phi) is 6.03. The molecule has 0 fully saturated rings. The lowest BCUT2D eigenvalue weighted by atomic mass is 10.0. The average Bonchev–Trinajstić information content (AvgIpc) is 2.57. The fourth-order valence-corrected chi connectivity index (χ4v) is 2.30. The topological polar surface area (TPSA) is 118 Å². The molecule has 132 valence electrons. The van der Waals surface area contributed by atoms with Gasteiger partial charge in [0, 0.05) is 12.8 Å². The number of rotatable bonds is 7. The van der Waals surface area contributed by atoms with E-state index in [9.17, 15) is 30.3 Å². The van der Waals surface area contributed by atoms with Crippen molar-refractivity contribution in [3.8, 4) is 23.0 Å². The van der Waals surface area contributed by atoms with E-state index < -0.39 is 6.10 Å². The van der Waals surface area contributed by atoms with Gasteiger partial charge >= 0.3 is 0 Å². The largest absolute Gasteiger partial charge is 0.504 e. The molecule has 1 atom stereocenters. The number of aryl methyl sites for hydroxylation is 1. The fraction of sp³-hybridized carbons (Fsp3) is 0.211. The van der Waals surface area contributed by atoms with Crippen LogP contribution in [0.15, 0.2) is 48.6 Å².